The second-order valence-electron chi connectivity index (χ2n) is 5.64. The van der Waals surface area contributed by atoms with Crippen LogP contribution in [0.4, 0.5) is 8.78 Å². The fraction of sp³-hybridized carbons (Fsp3) is 0.600. The predicted octanol–water partition coefficient (Wildman–Crippen LogP) is 1.86. The van der Waals surface area contributed by atoms with Crippen molar-refractivity contribution in [1.29, 1.82) is 0 Å². The van der Waals surface area contributed by atoms with E-state index in [-0.39, 0.29) is 6.04 Å². The van der Waals surface area contributed by atoms with E-state index < -0.39 is 11.6 Å². The summed E-state index contributed by atoms with van der Waals surface area (Å²) in [4.78, 5) is 4.60. The maximum Gasteiger partial charge on any atom is 0.130 e. The minimum Gasteiger partial charge on any atom is -0.313 e. The number of piperazine rings is 1. The monoisotopic (exact) mass is 283 g/mol. The highest BCUT2D eigenvalue weighted by molar-refractivity contribution is 5.22. The summed E-state index contributed by atoms with van der Waals surface area (Å²) in [6, 6.07) is 4.08. The molecule has 2 atom stereocenters. The molecular weight excluding hydrogens is 260 g/mol. The van der Waals surface area contributed by atoms with E-state index in [0.717, 1.165) is 32.1 Å². The zero-order chi connectivity index (χ0) is 14.7. The van der Waals surface area contributed by atoms with Crippen molar-refractivity contribution in [2.75, 3.05) is 40.8 Å². The molecule has 2 rings (SSSR count). The lowest BCUT2D eigenvalue weighted by atomic mass is 9.97. The zero-order valence-electron chi connectivity index (χ0n) is 12.4. The van der Waals surface area contributed by atoms with Gasteiger partial charge in [0, 0.05) is 43.3 Å². The van der Waals surface area contributed by atoms with Crippen molar-refractivity contribution < 1.29 is 8.78 Å². The van der Waals surface area contributed by atoms with Gasteiger partial charge in [-0.05, 0) is 33.6 Å². The predicted molar refractivity (Wildman–Crippen MR) is 76.7 cm³/mol. The quantitative estimate of drug-likeness (QED) is 0.910. The van der Waals surface area contributed by atoms with Gasteiger partial charge in [0.05, 0.1) is 0 Å². The van der Waals surface area contributed by atoms with E-state index in [9.17, 15) is 8.78 Å². The summed E-state index contributed by atoms with van der Waals surface area (Å²) in [5, 5.41) is 3.15. The summed E-state index contributed by atoms with van der Waals surface area (Å²) in [5.74, 6) is -1.01. The molecule has 1 fully saturated rings. The van der Waals surface area contributed by atoms with E-state index in [1.165, 1.54) is 6.07 Å². The summed E-state index contributed by atoms with van der Waals surface area (Å²) in [7, 11) is 6.03. The van der Waals surface area contributed by atoms with Crippen LogP contribution in [0.25, 0.3) is 0 Å². The maximum absolute atomic E-state index is 13.9. The summed E-state index contributed by atoms with van der Waals surface area (Å²) in [6.07, 6.45) is 0.805. The number of halogens is 2. The van der Waals surface area contributed by atoms with Crippen LogP contribution >= 0.6 is 0 Å². The molecule has 0 spiro atoms. The van der Waals surface area contributed by atoms with Gasteiger partial charge in [0.1, 0.15) is 11.6 Å². The third-order valence-electron chi connectivity index (χ3n) is 4.17. The highest BCUT2D eigenvalue weighted by Crippen LogP contribution is 2.24. The Labute approximate surface area is 119 Å². The number of hydrogen-bond acceptors (Lipinski definition) is 3. The van der Waals surface area contributed by atoms with Crippen LogP contribution in [0.15, 0.2) is 18.2 Å². The molecule has 0 saturated carbocycles. The molecule has 20 heavy (non-hydrogen) atoms. The smallest absolute Gasteiger partial charge is 0.130 e. The average molecular weight is 283 g/mol. The Morgan fingerprint density at radius 3 is 2.70 bits per heavy atom. The number of hydrogen-bond donors (Lipinski definition) is 1. The van der Waals surface area contributed by atoms with Gasteiger partial charge in [-0.25, -0.2) is 8.78 Å². The van der Waals surface area contributed by atoms with Crippen molar-refractivity contribution in [2.24, 2.45) is 0 Å². The van der Waals surface area contributed by atoms with Crippen LogP contribution in [0, 0.1) is 11.6 Å². The van der Waals surface area contributed by atoms with Gasteiger partial charge in [-0.15, -0.1) is 0 Å². The number of benzene rings is 1. The summed E-state index contributed by atoms with van der Waals surface area (Å²) in [6.45, 7) is 3.04. The molecule has 1 aromatic carbocycles. The van der Waals surface area contributed by atoms with E-state index in [2.05, 4.69) is 29.2 Å². The molecule has 1 heterocycles. The van der Waals surface area contributed by atoms with Gasteiger partial charge >= 0.3 is 0 Å². The molecule has 3 nitrogen and oxygen atoms in total. The number of nitrogens with one attached hydrogen (secondary N) is 1. The van der Waals surface area contributed by atoms with Crippen LogP contribution in [0.1, 0.15) is 18.0 Å². The first-order valence-corrected chi connectivity index (χ1v) is 7.02. The van der Waals surface area contributed by atoms with Crippen LogP contribution in [-0.2, 0) is 0 Å². The summed E-state index contributed by atoms with van der Waals surface area (Å²) >= 11 is 0. The van der Waals surface area contributed by atoms with Crippen molar-refractivity contribution in [3.63, 3.8) is 0 Å². The SMILES string of the molecule is CNC(CC1CN(C)CCN1C)c1ccc(F)cc1F. The fourth-order valence-electron chi connectivity index (χ4n) is 2.81. The van der Waals surface area contributed by atoms with Gasteiger partial charge in [-0.2, -0.15) is 0 Å². The number of nitrogens with zero attached hydrogens (tertiary/aromatic N) is 2. The first-order chi connectivity index (χ1) is 9.51. The molecule has 112 valence electrons. The van der Waals surface area contributed by atoms with E-state index in [1.54, 1.807) is 6.07 Å². The lowest BCUT2D eigenvalue weighted by Crippen LogP contribution is -2.50. The number of rotatable bonds is 4. The average Bonchev–Trinajstić information content (AvgIpc) is 2.40. The van der Waals surface area contributed by atoms with Crippen molar-refractivity contribution >= 4 is 0 Å². The van der Waals surface area contributed by atoms with Crippen LogP contribution in [0.2, 0.25) is 0 Å². The van der Waals surface area contributed by atoms with Crippen LogP contribution in [0.5, 0.6) is 0 Å². The first kappa shape index (κ1) is 15.4. The minimum atomic E-state index is -0.532. The third-order valence-corrected chi connectivity index (χ3v) is 4.17. The number of likely N-dealkylation sites (N-methyl/N-ethyl adjacent to an activating group) is 2. The van der Waals surface area contributed by atoms with E-state index in [1.807, 2.05) is 7.05 Å². The van der Waals surface area contributed by atoms with Crippen molar-refractivity contribution in [2.45, 2.75) is 18.5 Å². The van der Waals surface area contributed by atoms with Crippen LogP contribution in [-0.4, -0.2) is 56.6 Å². The van der Waals surface area contributed by atoms with Gasteiger partial charge in [0.25, 0.3) is 0 Å². The molecule has 0 bridgehead atoms. The highest BCUT2D eigenvalue weighted by atomic mass is 19.1. The Bertz CT molecular complexity index is 453. The molecule has 0 amide bonds. The van der Waals surface area contributed by atoms with Gasteiger partial charge in [-0.1, -0.05) is 6.07 Å². The van der Waals surface area contributed by atoms with E-state index in [0.29, 0.717) is 11.6 Å². The third kappa shape index (κ3) is 3.53. The van der Waals surface area contributed by atoms with Gasteiger partial charge < -0.3 is 15.1 Å². The van der Waals surface area contributed by atoms with Gasteiger partial charge in [0.15, 0.2) is 0 Å². The molecule has 1 saturated heterocycles. The lowest BCUT2D eigenvalue weighted by molar-refractivity contribution is 0.101. The largest absolute Gasteiger partial charge is 0.313 e. The fourth-order valence-corrected chi connectivity index (χ4v) is 2.81. The normalized spacial score (nSPS) is 22.9. The summed E-state index contributed by atoms with van der Waals surface area (Å²) < 4.78 is 26.9. The minimum absolute atomic E-state index is 0.102. The second-order valence-corrected chi connectivity index (χ2v) is 5.64. The maximum atomic E-state index is 13.9. The van der Waals surface area contributed by atoms with Crippen LogP contribution < -0.4 is 5.32 Å². The Morgan fingerprint density at radius 1 is 1.30 bits per heavy atom. The van der Waals surface area contributed by atoms with Crippen LogP contribution in [0.3, 0.4) is 0 Å². The Hall–Kier alpha value is -1.04. The Kier molecular flexibility index (Phi) is 5.07. The Balaban J connectivity index is 2.11. The molecule has 1 aromatic rings. The molecule has 2 unspecified atom stereocenters. The van der Waals surface area contributed by atoms with Gasteiger partial charge in [0.2, 0.25) is 0 Å². The molecule has 0 aromatic heterocycles. The Morgan fingerprint density at radius 2 is 2.05 bits per heavy atom. The van der Waals surface area contributed by atoms with Crippen molar-refractivity contribution in [1.82, 2.24) is 15.1 Å². The standard InChI is InChI=1S/C15H23F2N3/c1-18-15(13-5-4-11(16)8-14(13)17)9-12-10-19(2)6-7-20(12)3/h4-5,8,12,15,18H,6-7,9-10H2,1-3H3. The molecule has 0 aliphatic carbocycles. The second kappa shape index (κ2) is 6.61. The van der Waals surface area contributed by atoms with E-state index >= 15 is 0 Å². The molecule has 1 aliphatic heterocycles. The van der Waals surface area contributed by atoms with Crippen molar-refractivity contribution in [3.8, 4) is 0 Å². The van der Waals surface area contributed by atoms with Gasteiger partial charge in [-0.3, -0.25) is 0 Å². The van der Waals surface area contributed by atoms with E-state index in [4.69, 9.17) is 0 Å². The molecule has 5 heteroatoms. The first-order valence-electron chi connectivity index (χ1n) is 7.02. The summed E-state index contributed by atoms with van der Waals surface area (Å²) in [5.41, 5.74) is 0.538. The molecule has 1 aliphatic rings. The lowest BCUT2D eigenvalue weighted by Gasteiger charge is -2.39. The molecule has 1 N–H and O–H groups in total. The van der Waals surface area contributed by atoms with Crippen molar-refractivity contribution in [3.05, 3.63) is 35.4 Å². The molecule has 0 radical (unpaired) electrons. The highest BCUT2D eigenvalue weighted by Gasteiger charge is 2.26. The topological polar surface area (TPSA) is 18.5 Å². The zero-order valence-corrected chi connectivity index (χ0v) is 12.4. The molecular formula is C15H23F2N3.